The highest BCUT2D eigenvalue weighted by atomic mass is 32.1. The zero-order valence-corrected chi connectivity index (χ0v) is 22.5. The molecule has 1 aromatic heterocycles. The molecule has 0 saturated heterocycles. The van der Waals surface area contributed by atoms with Crippen molar-refractivity contribution in [2.24, 2.45) is 15.4 Å². The average molecular weight is 512 g/mol. The van der Waals surface area contributed by atoms with Crippen molar-refractivity contribution in [3.63, 3.8) is 0 Å². The topological polar surface area (TPSA) is 46.3 Å². The Bertz CT molecular complexity index is 1490. The quantitative estimate of drug-likeness (QED) is 0.231. The van der Waals surface area contributed by atoms with E-state index in [0.717, 1.165) is 23.4 Å². The third-order valence-electron chi connectivity index (χ3n) is 6.30. The van der Waals surface area contributed by atoms with Crippen LogP contribution in [0.25, 0.3) is 21.2 Å². The first-order chi connectivity index (χ1) is 17.1. The zero-order chi connectivity index (χ0) is 24.2. The molecule has 3 aromatic carbocycles. The van der Waals surface area contributed by atoms with Crippen LogP contribution in [-0.4, -0.2) is 12.3 Å². The Morgan fingerprint density at radius 1 is 1.00 bits per heavy atom. The predicted octanol–water partition coefficient (Wildman–Crippen LogP) is 8.20. The molecule has 1 atom stereocenters. The molecule has 36 heavy (non-hydrogen) atoms. The van der Waals surface area contributed by atoms with Gasteiger partial charge in [-0.3, -0.25) is 0 Å². The Hall–Kier alpha value is -3.40. The lowest BCUT2D eigenvalue weighted by molar-refractivity contribution is 0.306. The van der Waals surface area contributed by atoms with Crippen LogP contribution in [0.3, 0.4) is 0 Å². The minimum absolute atomic E-state index is 0. The summed E-state index contributed by atoms with van der Waals surface area (Å²) in [7, 11) is 0. The fraction of sp³-hybridized carbons (Fsp3) is 0.233. The van der Waals surface area contributed by atoms with Crippen LogP contribution in [0.1, 0.15) is 41.5 Å². The summed E-state index contributed by atoms with van der Waals surface area (Å²) in [6.45, 7) is 7.32. The minimum Gasteiger partial charge on any atom is -0.489 e. The summed E-state index contributed by atoms with van der Waals surface area (Å²) in [5.74, 6) is 7.27. The van der Waals surface area contributed by atoms with Gasteiger partial charge < -0.3 is 4.74 Å². The van der Waals surface area contributed by atoms with E-state index >= 15 is 0 Å². The molecule has 0 saturated carbocycles. The van der Waals surface area contributed by atoms with Gasteiger partial charge in [0.2, 0.25) is 0 Å². The summed E-state index contributed by atoms with van der Waals surface area (Å²) < 4.78 is 7.52. The van der Waals surface area contributed by atoms with Crippen LogP contribution in [0, 0.1) is 25.7 Å². The fourth-order valence-corrected chi connectivity index (χ4v) is 5.55. The molecule has 6 heteroatoms. The van der Waals surface area contributed by atoms with E-state index in [9.17, 15) is 0 Å². The minimum atomic E-state index is 0. The standard InChI is InChI=1S/C30H27N3OS.H2S/c1-4-7-24(16-25-17-31-33-32-25)23-10-12-26(13-11-23)34-18-22-14-21(3)30-28(15-22)29(19-35-30)27-9-6-5-8-20(27)2;/h5-6,8-15,19,24H,16-18H2,1-3H3;1H2/t24-;/m0./s1. The molecule has 0 amide bonds. The number of thiophene rings is 1. The Balaban J connectivity index is 0.00000304. The average Bonchev–Trinajstić information content (AvgIpc) is 3.54. The number of benzene rings is 3. The number of nitrogens with zero attached hydrogens (tertiary/aromatic N) is 3. The first kappa shape index (κ1) is 25.7. The van der Waals surface area contributed by atoms with Gasteiger partial charge in [0.15, 0.2) is 0 Å². The first-order valence-corrected chi connectivity index (χ1v) is 12.6. The summed E-state index contributed by atoms with van der Waals surface area (Å²) in [5.41, 5.74) is 8.48. The summed E-state index contributed by atoms with van der Waals surface area (Å²) in [5, 5.41) is 15.4. The van der Waals surface area contributed by atoms with Crippen LogP contribution in [-0.2, 0) is 6.61 Å². The Labute approximate surface area is 223 Å². The van der Waals surface area contributed by atoms with Crippen LogP contribution >= 0.6 is 24.8 Å². The molecule has 5 rings (SSSR count). The molecule has 0 spiro atoms. The third-order valence-corrected chi connectivity index (χ3v) is 7.43. The van der Waals surface area contributed by atoms with E-state index < -0.39 is 0 Å². The van der Waals surface area contributed by atoms with Gasteiger partial charge in [-0.25, -0.2) is 0 Å². The maximum atomic E-state index is 6.18. The predicted molar refractivity (Wildman–Crippen MR) is 156 cm³/mol. The Morgan fingerprint density at radius 3 is 2.53 bits per heavy atom. The van der Waals surface area contributed by atoms with E-state index in [2.05, 4.69) is 95.0 Å². The third kappa shape index (κ3) is 5.53. The number of hydrogen-bond donors (Lipinski definition) is 0. The Morgan fingerprint density at radius 2 is 1.81 bits per heavy atom. The first-order valence-electron chi connectivity index (χ1n) is 11.8. The lowest BCUT2D eigenvalue weighted by atomic mass is 9.94. The van der Waals surface area contributed by atoms with Gasteiger partial charge in [0.25, 0.3) is 0 Å². The van der Waals surface area contributed by atoms with Crippen molar-refractivity contribution in [1.29, 1.82) is 0 Å². The van der Waals surface area contributed by atoms with Crippen LogP contribution in [0.4, 0.5) is 0 Å². The molecule has 0 radical (unpaired) electrons. The molecule has 4 aromatic rings. The van der Waals surface area contributed by atoms with Crippen molar-refractivity contribution in [2.75, 3.05) is 6.54 Å². The van der Waals surface area contributed by atoms with E-state index in [1.807, 2.05) is 30.4 Å². The van der Waals surface area contributed by atoms with Crippen molar-refractivity contribution in [2.45, 2.75) is 39.7 Å². The summed E-state index contributed by atoms with van der Waals surface area (Å²) in [4.78, 5) is 0. The molecule has 0 N–H and O–H groups in total. The Kier molecular flexibility index (Phi) is 8.25. The largest absolute Gasteiger partial charge is 0.489 e. The highest BCUT2D eigenvalue weighted by Crippen LogP contribution is 2.38. The monoisotopic (exact) mass is 511 g/mol. The molecular formula is C30H29N3OS2. The van der Waals surface area contributed by atoms with Crippen LogP contribution in [0.5, 0.6) is 5.75 Å². The molecule has 0 aliphatic carbocycles. The van der Waals surface area contributed by atoms with Gasteiger partial charge in [-0.2, -0.15) is 18.6 Å². The van der Waals surface area contributed by atoms with Crippen molar-refractivity contribution < 1.29 is 4.74 Å². The SMILES string of the molecule is CC#C[C@@H](CC1=NN=NC1)c1ccc(OCc2cc(C)c3scc(-c4ccccc4C)c3c2)cc1.S. The van der Waals surface area contributed by atoms with Crippen LogP contribution < -0.4 is 4.74 Å². The molecular weight excluding hydrogens is 482 g/mol. The molecule has 182 valence electrons. The number of fused-ring (bicyclic) bond motifs is 1. The van der Waals surface area contributed by atoms with Crippen molar-refractivity contribution >= 4 is 40.6 Å². The second-order valence-electron chi connectivity index (χ2n) is 8.82. The number of ether oxygens (including phenoxy) is 1. The zero-order valence-electron chi connectivity index (χ0n) is 20.7. The highest BCUT2D eigenvalue weighted by Gasteiger charge is 2.15. The maximum absolute atomic E-state index is 6.18. The number of hydrogen-bond acceptors (Lipinski definition) is 5. The van der Waals surface area contributed by atoms with Crippen molar-refractivity contribution in [3.8, 4) is 28.7 Å². The second-order valence-corrected chi connectivity index (χ2v) is 9.70. The van der Waals surface area contributed by atoms with Crippen molar-refractivity contribution in [3.05, 3.63) is 88.3 Å². The fourth-order valence-electron chi connectivity index (χ4n) is 4.52. The van der Waals surface area contributed by atoms with Gasteiger partial charge in [-0.05, 0) is 77.4 Å². The van der Waals surface area contributed by atoms with E-state index in [0.29, 0.717) is 13.2 Å². The van der Waals surface area contributed by atoms with Gasteiger partial charge in [0, 0.05) is 22.1 Å². The van der Waals surface area contributed by atoms with Crippen LogP contribution in [0.2, 0.25) is 0 Å². The lowest BCUT2D eigenvalue weighted by Crippen LogP contribution is -2.07. The molecule has 2 heterocycles. The molecule has 4 nitrogen and oxygen atoms in total. The van der Waals surface area contributed by atoms with Gasteiger partial charge in [0.05, 0.1) is 11.6 Å². The molecule has 1 aliphatic heterocycles. The molecule has 0 bridgehead atoms. The highest BCUT2D eigenvalue weighted by molar-refractivity contribution is 7.59. The van der Waals surface area contributed by atoms with Gasteiger partial charge in [-0.1, -0.05) is 48.4 Å². The smallest absolute Gasteiger partial charge is 0.119 e. The van der Waals surface area contributed by atoms with E-state index in [4.69, 9.17) is 4.74 Å². The van der Waals surface area contributed by atoms with E-state index in [-0.39, 0.29) is 19.4 Å². The van der Waals surface area contributed by atoms with E-state index in [1.54, 1.807) is 0 Å². The van der Waals surface area contributed by atoms with Gasteiger partial charge in [0.1, 0.15) is 18.9 Å². The number of aryl methyl sites for hydroxylation is 2. The molecule has 0 unspecified atom stereocenters. The maximum Gasteiger partial charge on any atom is 0.119 e. The normalized spacial score (nSPS) is 13.0. The van der Waals surface area contributed by atoms with Crippen LogP contribution in [0.15, 0.2) is 81.5 Å². The van der Waals surface area contributed by atoms with Gasteiger partial charge >= 0.3 is 0 Å². The lowest BCUT2D eigenvalue weighted by Gasteiger charge is -2.13. The van der Waals surface area contributed by atoms with Gasteiger partial charge in [-0.15, -0.1) is 22.4 Å². The van der Waals surface area contributed by atoms with E-state index in [1.165, 1.54) is 37.9 Å². The second kappa shape index (κ2) is 11.6. The summed E-state index contributed by atoms with van der Waals surface area (Å²) in [6, 6.07) is 21.3. The number of rotatable bonds is 7. The summed E-state index contributed by atoms with van der Waals surface area (Å²) >= 11 is 1.81. The molecule has 1 aliphatic rings. The van der Waals surface area contributed by atoms with Crippen molar-refractivity contribution in [1.82, 2.24) is 0 Å². The summed E-state index contributed by atoms with van der Waals surface area (Å²) in [6.07, 6.45) is 0.747. The molecule has 0 fully saturated rings.